The molecule has 1 heterocycles. The molecule has 4 N–H and O–H groups in total. The van der Waals surface area contributed by atoms with Crippen LogP contribution in [0.25, 0.3) is 0 Å². The Labute approximate surface area is 104 Å². The summed E-state index contributed by atoms with van der Waals surface area (Å²) in [5.41, 5.74) is 7.56. The molecule has 2 rings (SSSR count). The average Bonchev–Trinajstić information content (AvgIpc) is 2.32. The summed E-state index contributed by atoms with van der Waals surface area (Å²) in [5.74, 6) is -0.215. The third-order valence-electron chi connectivity index (χ3n) is 2.46. The predicted octanol–water partition coefficient (Wildman–Crippen LogP) is 1.93. The number of aryl methyl sites for hydroxylation is 1. The zero-order valence-electron chi connectivity index (χ0n) is 9.84. The molecule has 1 aromatic carbocycles. The Bertz CT molecular complexity index is 597. The van der Waals surface area contributed by atoms with E-state index in [1.54, 1.807) is 25.1 Å². The summed E-state index contributed by atoms with van der Waals surface area (Å²) in [5, 5.41) is 12.0. The second-order valence-corrected chi connectivity index (χ2v) is 3.91. The number of hydrogen-bond donors (Lipinski definition) is 3. The van der Waals surface area contributed by atoms with Crippen molar-refractivity contribution in [3.05, 3.63) is 47.8 Å². The van der Waals surface area contributed by atoms with Crippen LogP contribution < -0.4 is 11.1 Å². The number of hydrogen-bond acceptors (Lipinski definition) is 4. The molecule has 1 amide bonds. The number of nitrogen functional groups attached to an aromatic ring is 1. The van der Waals surface area contributed by atoms with Gasteiger partial charge >= 0.3 is 0 Å². The highest BCUT2D eigenvalue weighted by Gasteiger charge is 2.10. The number of nitrogens with one attached hydrogen (secondary N) is 1. The van der Waals surface area contributed by atoms with E-state index in [9.17, 15) is 9.90 Å². The first-order valence-electron chi connectivity index (χ1n) is 5.39. The number of carbonyl (C=O) groups excluding carboxylic acids is 1. The lowest BCUT2D eigenvalue weighted by molar-refractivity contribution is 0.102. The highest BCUT2D eigenvalue weighted by molar-refractivity contribution is 6.05. The molecule has 0 atom stereocenters. The zero-order valence-corrected chi connectivity index (χ0v) is 9.84. The van der Waals surface area contributed by atoms with Gasteiger partial charge in [0.25, 0.3) is 5.91 Å². The van der Waals surface area contributed by atoms with Gasteiger partial charge in [0.2, 0.25) is 0 Å². The molecule has 0 saturated heterocycles. The minimum Gasteiger partial charge on any atom is -0.508 e. The Morgan fingerprint density at radius 2 is 2.17 bits per heavy atom. The van der Waals surface area contributed by atoms with Crippen LogP contribution in [0.5, 0.6) is 5.75 Å². The van der Waals surface area contributed by atoms with Crippen LogP contribution in [0.3, 0.4) is 0 Å². The molecular weight excluding hydrogens is 230 g/mol. The van der Waals surface area contributed by atoms with Crippen LogP contribution in [0.15, 0.2) is 36.5 Å². The van der Waals surface area contributed by atoms with Gasteiger partial charge in [0.1, 0.15) is 5.75 Å². The van der Waals surface area contributed by atoms with Crippen molar-refractivity contribution >= 4 is 17.3 Å². The number of rotatable bonds is 2. The molecule has 5 nitrogen and oxygen atoms in total. The predicted molar refractivity (Wildman–Crippen MR) is 69.4 cm³/mol. The quantitative estimate of drug-likeness (QED) is 0.752. The Kier molecular flexibility index (Phi) is 3.14. The van der Waals surface area contributed by atoms with E-state index in [1.807, 2.05) is 0 Å². The normalized spacial score (nSPS) is 10.1. The summed E-state index contributed by atoms with van der Waals surface area (Å²) in [7, 11) is 0. The number of amides is 1. The number of nitrogens with two attached hydrogens (primary N) is 1. The van der Waals surface area contributed by atoms with E-state index in [2.05, 4.69) is 10.3 Å². The maximum absolute atomic E-state index is 12.0. The smallest absolute Gasteiger partial charge is 0.257 e. The lowest BCUT2D eigenvalue weighted by Crippen LogP contribution is -2.14. The molecule has 18 heavy (non-hydrogen) atoms. The molecule has 0 aliphatic carbocycles. The van der Waals surface area contributed by atoms with Crippen LogP contribution in [0.2, 0.25) is 0 Å². The monoisotopic (exact) mass is 243 g/mol. The lowest BCUT2D eigenvalue weighted by atomic mass is 10.1. The average molecular weight is 243 g/mol. The van der Waals surface area contributed by atoms with Gasteiger partial charge in [-0.05, 0) is 25.1 Å². The third-order valence-corrected chi connectivity index (χ3v) is 2.46. The molecule has 0 saturated carbocycles. The first-order chi connectivity index (χ1) is 8.56. The summed E-state index contributed by atoms with van der Waals surface area (Å²) in [6.45, 7) is 1.73. The third kappa shape index (κ3) is 2.57. The number of nitrogens with zero attached hydrogens (tertiary/aromatic N) is 1. The van der Waals surface area contributed by atoms with Gasteiger partial charge in [-0.25, -0.2) is 0 Å². The molecule has 92 valence electrons. The lowest BCUT2D eigenvalue weighted by Gasteiger charge is -2.08. The number of aromatic nitrogens is 1. The van der Waals surface area contributed by atoms with E-state index in [0.717, 1.165) is 0 Å². The van der Waals surface area contributed by atoms with E-state index >= 15 is 0 Å². The number of phenolic OH excluding ortho intramolecular Hbond substituents is 1. The van der Waals surface area contributed by atoms with E-state index < -0.39 is 0 Å². The van der Waals surface area contributed by atoms with Gasteiger partial charge in [-0.1, -0.05) is 6.07 Å². The Balaban J connectivity index is 2.24. The fourth-order valence-corrected chi connectivity index (χ4v) is 1.56. The largest absolute Gasteiger partial charge is 0.508 e. The Morgan fingerprint density at radius 3 is 2.89 bits per heavy atom. The van der Waals surface area contributed by atoms with Crippen molar-refractivity contribution in [1.82, 2.24) is 4.98 Å². The molecular formula is C13H13N3O2. The fraction of sp³-hybridized carbons (Fsp3) is 0.0769. The van der Waals surface area contributed by atoms with Crippen molar-refractivity contribution in [3.8, 4) is 5.75 Å². The van der Waals surface area contributed by atoms with Gasteiger partial charge in [-0.3, -0.25) is 9.78 Å². The first kappa shape index (κ1) is 11.9. The van der Waals surface area contributed by atoms with Gasteiger partial charge in [-0.2, -0.15) is 0 Å². The van der Waals surface area contributed by atoms with Crippen molar-refractivity contribution in [3.63, 3.8) is 0 Å². The molecule has 0 bridgehead atoms. The maximum atomic E-state index is 12.0. The summed E-state index contributed by atoms with van der Waals surface area (Å²) >= 11 is 0. The maximum Gasteiger partial charge on any atom is 0.257 e. The van der Waals surface area contributed by atoms with Crippen molar-refractivity contribution in [1.29, 1.82) is 0 Å². The Morgan fingerprint density at radius 1 is 1.39 bits per heavy atom. The summed E-state index contributed by atoms with van der Waals surface area (Å²) in [6.07, 6.45) is 1.50. The van der Waals surface area contributed by atoms with Crippen LogP contribution in [-0.2, 0) is 0 Å². The first-order valence-corrected chi connectivity index (χ1v) is 5.39. The summed E-state index contributed by atoms with van der Waals surface area (Å²) in [4.78, 5) is 16.0. The standard InChI is InChI=1S/C13H13N3O2/c1-8-12(5-9(14)7-15-8)13(18)16-10-3-2-4-11(17)6-10/h2-7,17H,14H2,1H3,(H,16,18). The molecule has 0 aliphatic heterocycles. The van der Waals surface area contributed by atoms with Crippen LogP contribution >= 0.6 is 0 Å². The fourth-order valence-electron chi connectivity index (χ4n) is 1.56. The Hall–Kier alpha value is -2.56. The molecule has 0 fully saturated rings. The minimum atomic E-state index is -0.307. The van der Waals surface area contributed by atoms with Gasteiger partial charge in [0, 0.05) is 11.8 Å². The molecule has 1 aromatic heterocycles. The molecule has 0 aliphatic rings. The van der Waals surface area contributed by atoms with E-state index in [0.29, 0.717) is 22.6 Å². The summed E-state index contributed by atoms with van der Waals surface area (Å²) < 4.78 is 0. The second kappa shape index (κ2) is 4.75. The number of pyridine rings is 1. The van der Waals surface area contributed by atoms with Crippen molar-refractivity contribution < 1.29 is 9.90 Å². The number of anilines is 2. The van der Waals surface area contributed by atoms with E-state index in [-0.39, 0.29) is 11.7 Å². The molecule has 0 radical (unpaired) electrons. The summed E-state index contributed by atoms with van der Waals surface area (Å²) in [6, 6.07) is 7.90. The van der Waals surface area contributed by atoms with Gasteiger partial charge in [0.15, 0.2) is 0 Å². The minimum absolute atomic E-state index is 0.0928. The number of phenols is 1. The topological polar surface area (TPSA) is 88.2 Å². The number of aromatic hydroxyl groups is 1. The van der Waals surface area contributed by atoms with Crippen molar-refractivity contribution in [2.24, 2.45) is 0 Å². The number of carbonyl (C=O) groups is 1. The second-order valence-electron chi connectivity index (χ2n) is 3.91. The van der Waals surface area contributed by atoms with Crippen LogP contribution in [-0.4, -0.2) is 16.0 Å². The van der Waals surface area contributed by atoms with Gasteiger partial charge in [-0.15, -0.1) is 0 Å². The van der Waals surface area contributed by atoms with Crippen LogP contribution in [0.4, 0.5) is 11.4 Å². The molecule has 2 aromatic rings. The molecule has 5 heteroatoms. The van der Waals surface area contributed by atoms with Gasteiger partial charge in [0.05, 0.1) is 23.1 Å². The number of benzene rings is 1. The van der Waals surface area contributed by atoms with Crippen LogP contribution in [0.1, 0.15) is 16.1 Å². The molecule has 0 unspecified atom stereocenters. The highest BCUT2D eigenvalue weighted by atomic mass is 16.3. The van der Waals surface area contributed by atoms with Crippen molar-refractivity contribution in [2.45, 2.75) is 6.92 Å². The SMILES string of the molecule is Cc1ncc(N)cc1C(=O)Nc1cccc(O)c1. The van der Waals surface area contributed by atoms with Crippen molar-refractivity contribution in [2.75, 3.05) is 11.1 Å². The van der Waals surface area contributed by atoms with Crippen LogP contribution in [0, 0.1) is 6.92 Å². The molecule has 0 spiro atoms. The highest BCUT2D eigenvalue weighted by Crippen LogP contribution is 2.17. The van der Waals surface area contributed by atoms with E-state index in [4.69, 9.17) is 5.73 Å². The zero-order chi connectivity index (χ0) is 13.1. The van der Waals surface area contributed by atoms with E-state index in [1.165, 1.54) is 18.3 Å². The van der Waals surface area contributed by atoms with Gasteiger partial charge < -0.3 is 16.2 Å².